The molecule has 0 aliphatic carbocycles. The van der Waals surface area contributed by atoms with Gasteiger partial charge in [0.2, 0.25) is 5.82 Å². The maximum atomic E-state index is 12.7. The summed E-state index contributed by atoms with van der Waals surface area (Å²) < 4.78 is 39.1. The Morgan fingerprint density at radius 1 is 1.38 bits per heavy atom. The van der Waals surface area contributed by atoms with Gasteiger partial charge in [0.05, 0.1) is 6.54 Å². The fourth-order valence-electron chi connectivity index (χ4n) is 2.20. The Hall–Kier alpha value is -1.90. The van der Waals surface area contributed by atoms with E-state index in [1.165, 1.54) is 0 Å². The van der Waals surface area contributed by atoms with E-state index in [9.17, 15) is 18.0 Å². The van der Waals surface area contributed by atoms with Gasteiger partial charge in [-0.15, -0.1) is 10.2 Å². The molecule has 1 N–H and O–H groups in total. The molecule has 1 aliphatic rings. The van der Waals surface area contributed by atoms with Crippen LogP contribution in [0.2, 0.25) is 0 Å². The molecule has 0 aromatic carbocycles. The third kappa shape index (κ3) is 3.41. The molecule has 0 unspecified atom stereocenters. The Morgan fingerprint density at radius 3 is 2.67 bits per heavy atom. The Labute approximate surface area is 118 Å². The number of aliphatic carboxylic acids is 1. The summed E-state index contributed by atoms with van der Waals surface area (Å²) >= 11 is 0. The molecule has 9 heteroatoms. The second-order valence-corrected chi connectivity index (χ2v) is 4.71. The van der Waals surface area contributed by atoms with Crippen LogP contribution in [0.3, 0.4) is 0 Å². The number of halogens is 3. The number of carbonyl (C=O) groups is 1. The van der Waals surface area contributed by atoms with Crippen LogP contribution < -0.4 is 0 Å². The first-order valence-electron chi connectivity index (χ1n) is 6.47. The van der Waals surface area contributed by atoms with Crippen molar-refractivity contribution in [3.63, 3.8) is 0 Å². The van der Waals surface area contributed by atoms with Crippen LogP contribution in [0.5, 0.6) is 0 Å². The Bertz CT molecular complexity index is 565. The molecule has 0 bridgehead atoms. The van der Waals surface area contributed by atoms with Gasteiger partial charge in [-0.05, 0) is 6.42 Å². The maximum Gasteiger partial charge on any atom is 0.451 e. The summed E-state index contributed by atoms with van der Waals surface area (Å²) in [6, 6.07) is 0. The van der Waals surface area contributed by atoms with Gasteiger partial charge in [0.1, 0.15) is 5.82 Å². The van der Waals surface area contributed by atoms with Crippen molar-refractivity contribution in [1.29, 1.82) is 0 Å². The number of hydrogen-bond acceptors (Lipinski definition) is 4. The predicted octanol–water partition coefficient (Wildman–Crippen LogP) is 1.53. The minimum absolute atomic E-state index is 0.138. The highest BCUT2D eigenvalue weighted by Gasteiger charge is 2.39. The van der Waals surface area contributed by atoms with Gasteiger partial charge >= 0.3 is 12.1 Å². The fourth-order valence-corrected chi connectivity index (χ4v) is 2.20. The van der Waals surface area contributed by atoms with Gasteiger partial charge < -0.3 is 9.67 Å². The van der Waals surface area contributed by atoms with Crippen molar-refractivity contribution in [1.82, 2.24) is 19.7 Å². The highest BCUT2D eigenvalue weighted by molar-refractivity contribution is 5.86. The van der Waals surface area contributed by atoms with Crippen LogP contribution in [0.15, 0.2) is 11.6 Å². The van der Waals surface area contributed by atoms with Gasteiger partial charge in [-0.25, -0.2) is 4.79 Å². The quantitative estimate of drug-likeness (QED) is 0.854. The maximum absolute atomic E-state index is 12.7. The lowest BCUT2D eigenvalue weighted by molar-refractivity contribution is -0.148. The minimum Gasteiger partial charge on any atom is -0.478 e. The number of hydrogen-bond donors (Lipinski definition) is 1. The van der Waals surface area contributed by atoms with Gasteiger partial charge in [0.25, 0.3) is 0 Å². The molecule has 0 saturated heterocycles. The van der Waals surface area contributed by atoms with Gasteiger partial charge in [0, 0.05) is 25.2 Å². The molecule has 1 aromatic rings. The Balaban J connectivity index is 2.07. The van der Waals surface area contributed by atoms with E-state index in [0.29, 0.717) is 19.5 Å². The first-order chi connectivity index (χ1) is 9.82. The van der Waals surface area contributed by atoms with Crippen molar-refractivity contribution in [2.45, 2.75) is 32.6 Å². The number of fused-ring (bicyclic) bond motifs is 1. The van der Waals surface area contributed by atoms with E-state index < -0.39 is 18.0 Å². The zero-order valence-electron chi connectivity index (χ0n) is 11.4. The molecule has 1 aromatic heterocycles. The number of aromatic nitrogens is 3. The standard InChI is InChI=1S/C12H15F3N4O2/c1-2-8(10(20)21)3-4-18-5-6-19-9(7-18)16-17-11(19)12(13,14)15/h3H,2,4-7H2,1H3,(H,20,21). The molecule has 0 fully saturated rings. The summed E-state index contributed by atoms with van der Waals surface area (Å²) in [6.45, 7) is 2.85. The monoisotopic (exact) mass is 304 g/mol. The average molecular weight is 304 g/mol. The van der Waals surface area contributed by atoms with Crippen LogP contribution in [0.25, 0.3) is 0 Å². The summed E-state index contributed by atoms with van der Waals surface area (Å²) in [5.74, 6) is -1.71. The lowest BCUT2D eigenvalue weighted by atomic mass is 10.2. The Morgan fingerprint density at radius 2 is 2.10 bits per heavy atom. The number of nitrogens with zero attached hydrogens (tertiary/aromatic N) is 4. The molecule has 21 heavy (non-hydrogen) atoms. The molecule has 2 rings (SSSR count). The van der Waals surface area contributed by atoms with Crippen molar-refractivity contribution in [2.75, 3.05) is 13.1 Å². The normalized spacial score (nSPS) is 16.9. The first kappa shape index (κ1) is 15.5. The van der Waals surface area contributed by atoms with Crippen LogP contribution in [-0.4, -0.2) is 43.8 Å². The minimum atomic E-state index is -4.51. The summed E-state index contributed by atoms with van der Waals surface area (Å²) in [5, 5.41) is 15.7. The molecule has 6 nitrogen and oxygen atoms in total. The van der Waals surface area contributed by atoms with E-state index in [1.807, 2.05) is 4.90 Å². The molecule has 0 radical (unpaired) electrons. The molecule has 0 saturated carbocycles. The van der Waals surface area contributed by atoms with Crippen LogP contribution >= 0.6 is 0 Å². The van der Waals surface area contributed by atoms with Crippen LogP contribution in [0.4, 0.5) is 13.2 Å². The molecule has 0 spiro atoms. The third-order valence-electron chi connectivity index (χ3n) is 3.34. The number of rotatable bonds is 4. The molecule has 0 amide bonds. The van der Waals surface area contributed by atoms with Gasteiger partial charge in [0.15, 0.2) is 0 Å². The zero-order chi connectivity index (χ0) is 15.6. The molecule has 116 valence electrons. The summed E-state index contributed by atoms with van der Waals surface area (Å²) in [6.07, 6.45) is -2.53. The molecular weight excluding hydrogens is 289 g/mol. The van der Waals surface area contributed by atoms with E-state index >= 15 is 0 Å². The van der Waals surface area contributed by atoms with Crippen molar-refractivity contribution in [3.05, 3.63) is 23.3 Å². The van der Waals surface area contributed by atoms with Gasteiger partial charge in [-0.2, -0.15) is 13.2 Å². The second-order valence-electron chi connectivity index (χ2n) is 4.71. The van der Waals surface area contributed by atoms with E-state index in [0.717, 1.165) is 4.57 Å². The first-order valence-corrected chi connectivity index (χ1v) is 6.47. The van der Waals surface area contributed by atoms with Crippen molar-refractivity contribution in [3.8, 4) is 0 Å². The summed E-state index contributed by atoms with van der Waals surface area (Å²) in [4.78, 5) is 12.7. The fraction of sp³-hybridized carbons (Fsp3) is 0.583. The van der Waals surface area contributed by atoms with Crippen molar-refractivity contribution >= 4 is 5.97 Å². The predicted molar refractivity (Wildman–Crippen MR) is 66.3 cm³/mol. The topological polar surface area (TPSA) is 71.2 Å². The van der Waals surface area contributed by atoms with Crippen LogP contribution in [-0.2, 0) is 24.1 Å². The molecule has 1 aliphatic heterocycles. The van der Waals surface area contributed by atoms with Crippen molar-refractivity contribution < 1.29 is 23.1 Å². The molecule has 0 atom stereocenters. The number of alkyl halides is 3. The largest absolute Gasteiger partial charge is 0.478 e. The van der Waals surface area contributed by atoms with E-state index in [-0.39, 0.29) is 24.5 Å². The number of carboxylic acids is 1. The summed E-state index contributed by atoms with van der Waals surface area (Å²) in [5.41, 5.74) is 0.290. The smallest absolute Gasteiger partial charge is 0.451 e. The SMILES string of the molecule is CCC(=CCN1CCn2c(nnc2C(F)(F)F)C1)C(=O)O. The number of carboxylic acid groups (broad SMARTS) is 1. The van der Waals surface area contributed by atoms with Crippen molar-refractivity contribution in [2.24, 2.45) is 0 Å². The van der Waals surface area contributed by atoms with Crippen LogP contribution in [0.1, 0.15) is 25.0 Å². The lowest BCUT2D eigenvalue weighted by Gasteiger charge is -2.26. The van der Waals surface area contributed by atoms with E-state index in [4.69, 9.17) is 5.11 Å². The van der Waals surface area contributed by atoms with Crippen LogP contribution in [0, 0.1) is 0 Å². The van der Waals surface area contributed by atoms with E-state index in [1.54, 1.807) is 13.0 Å². The zero-order valence-corrected chi connectivity index (χ0v) is 11.4. The second kappa shape index (κ2) is 5.84. The Kier molecular flexibility index (Phi) is 4.31. The summed E-state index contributed by atoms with van der Waals surface area (Å²) in [7, 11) is 0. The van der Waals surface area contributed by atoms with Gasteiger partial charge in [-0.1, -0.05) is 13.0 Å². The third-order valence-corrected chi connectivity index (χ3v) is 3.34. The average Bonchev–Trinajstić information content (AvgIpc) is 2.81. The van der Waals surface area contributed by atoms with Gasteiger partial charge in [-0.3, -0.25) is 4.90 Å². The molecular formula is C12H15F3N4O2. The van der Waals surface area contributed by atoms with E-state index in [2.05, 4.69) is 10.2 Å². The lowest BCUT2D eigenvalue weighted by Crippen LogP contribution is -2.35. The molecule has 2 heterocycles. The highest BCUT2D eigenvalue weighted by Crippen LogP contribution is 2.29. The highest BCUT2D eigenvalue weighted by atomic mass is 19.4.